The lowest BCUT2D eigenvalue weighted by Gasteiger charge is -2.22. The molecule has 0 amide bonds. The first-order chi connectivity index (χ1) is 50.1. The average Bonchev–Trinajstić information content (AvgIpc) is 1.56. The van der Waals surface area contributed by atoms with Crippen molar-refractivity contribution in [3.63, 3.8) is 0 Å². The first kappa shape index (κ1) is 58.1. The molecular weight excluding hydrogens is 1260 g/mol. The summed E-state index contributed by atoms with van der Waals surface area (Å²) < 4.78 is 21.1. The van der Waals surface area contributed by atoms with Crippen molar-refractivity contribution in [2.45, 2.75) is 24.0 Å². The SMILES string of the molecule is C1=CC2c3c(cccc3-c3nc(-c4ccccc4)nc(-c4ccc5sc6ccccc6c5c4)n3)OC2c2c1n(-c1ccccc1)c1ccccc21.C1=CC2c3c(cccc3-c3nc(-c4cccnc4)nc(-c4cccc(-c5ccccc5)c4)n3)OC2c2c1n(-c1ccccc1)c1ccccc21. The molecule has 4 unspecified atom stereocenters. The van der Waals surface area contributed by atoms with Gasteiger partial charge in [0.15, 0.2) is 34.9 Å². The van der Waals surface area contributed by atoms with Crippen LogP contribution in [-0.4, -0.2) is 44.0 Å². The van der Waals surface area contributed by atoms with Crippen molar-refractivity contribution in [3.05, 3.63) is 343 Å². The van der Waals surface area contributed by atoms with E-state index >= 15 is 0 Å². The minimum Gasteiger partial charge on any atom is -0.484 e. The molecule has 11 nitrogen and oxygen atoms in total. The van der Waals surface area contributed by atoms with Crippen molar-refractivity contribution in [2.75, 3.05) is 0 Å². The molecule has 2 aliphatic heterocycles. The number of para-hydroxylation sites is 4. The molecule has 11 aromatic carbocycles. The molecule has 17 aromatic rings. The third-order valence-electron chi connectivity index (χ3n) is 20.0. The van der Waals surface area contributed by atoms with Gasteiger partial charge in [-0.05, 0) is 114 Å². The summed E-state index contributed by atoms with van der Waals surface area (Å²) in [5.74, 6) is 5.40. The molecular formula is C89H57N9O2S. The van der Waals surface area contributed by atoms with Crippen LogP contribution in [0.15, 0.2) is 310 Å². The molecule has 4 atom stereocenters. The fourth-order valence-electron chi connectivity index (χ4n) is 15.5. The van der Waals surface area contributed by atoms with Gasteiger partial charge in [-0.2, -0.15) is 0 Å². The zero-order valence-corrected chi connectivity index (χ0v) is 55.0. The van der Waals surface area contributed by atoms with E-state index in [4.69, 9.17) is 39.4 Å². The smallest absolute Gasteiger partial charge is 0.165 e. The second-order valence-corrected chi connectivity index (χ2v) is 26.8. The first-order valence-corrected chi connectivity index (χ1v) is 34.8. The Labute approximate surface area is 585 Å². The van der Waals surface area contributed by atoms with Crippen LogP contribution in [0, 0.1) is 0 Å². The van der Waals surface area contributed by atoms with Crippen LogP contribution in [0.25, 0.3) is 145 Å². The van der Waals surface area contributed by atoms with Gasteiger partial charge in [-0.1, -0.05) is 206 Å². The first-order valence-electron chi connectivity index (χ1n) is 34.0. The monoisotopic (exact) mass is 1320 g/mol. The third-order valence-corrected chi connectivity index (χ3v) is 21.1. The van der Waals surface area contributed by atoms with E-state index in [1.54, 1.807) is 12.4 Å². The van der Waals surface area contributed by atoms with Crippen molar-refractivity contribution in [1.29, 1.82) is 0 Å². The van der Waals surface area contributed by atoms with Crippen LogP contribution in [0.4, 0.5) is 0 Å². The summed E-state index contributed by atoms with van der Waals surface area (Å²) in [6, 6.07) is 98.7. The number of nitrogens with zero attached hydrogens (tertiary/aromatic N) is 9. The van der Waals surface area contributed by atoms with Crippen molar-refractivity contribution < 1.29 is 9.47 Å². The maximum atomic E-state index is 6.93. The Morgan fingerprint density at radius 2 is 0.743 bits per heavy atom. The van der Waals surface area contributed by atoms with Crippen LogP contribution in [0.2, 0.25) is 0 Å². The van der Waals surface area contributed by atoms with Gasteiger partial charge < -0.3 is 18.6 Å². The normalized spacial score (nSPS) is 15.8. The van der Waals surface area contributed by atoms with Crippen LogP contribution < -0.4 is 9.47 Å². The molecule has 12 heteroatoms. The summed E-state index contributed by atoms with van der Waals surface area (Å²) in [5, 5.41) is 4.86. The van der Waals surface area contributed by atoms with Crippen molar-refractivity contribution in [3.8, 4) is 102 Å². The molecule has 0 N–H and O–H groups in total. The van der Waals surface area contributed by atoms with Gasteiger partial charge in [-0.15, -0.1) is 11.3 Å². The number of pyridine rings is 1. The molecule has 6 aromatic heterocycles. The Balaban J connectivity index is 0.000000136. The fraction of sp³-hybridized carbons (Fsp3) is 0.0449. The molecule has 0 spiro atoms. The summed E-state index contributed by atoms with van der Waals surface area (Å²) in [7, 11) is 0. The summed E-state index contributed by atoms with van der Waals surface area (Å²) >= 11 is 1.81. The lowest BCUT2D eigenvalue weighted by Crippen LogP contribution is -2.14. The van der Waals surface area contributed by atoms with Crippen molar-refractivity contribution in [1.82, 2.24) is 44.0 Å². The largest absolute Gasteiger partial charge is 0.484 e. The Kier molecular flexibility index (Phi) is 13.8. The molecule has 101 heavy (non-hydrogen) atoms. The Hall–Kier alpha value is -13.0. The molecule has 8 heterocycles. The van der Waals surface area contributed by atoms with Crippen LogP contribution in [-0.2, 0) is 0 Å². The molecule has 4 aliphatic rings. The van der Waals surface area contributed by atoms with Crippen LogP contribution >= 0.6 is 11.3 Å². The Bertz CT molecular complexity index is 6190. The van der Waals surface area contributed by atoms with Gasteiger partial charge in [-0.25, -0.2) is 29.9 Å². The molecule has 0 bridgehead atoms. The second kappa shape index (κ2) is 23.9. The minimum atomic E-state index is -0.192. The Morgan fingerprint density at radius 1 is 0.307 bits per heavy atom. The van der Waals surface area contributed by atoms with Gasteiger partial charge in [0.05, 0.1) is 22.4 Å². The predicted octanol–water partition coefficient (Wildman–Crippen LogP) is 21.6. The van der Waals surface area contributed by atoms with Crippen molar-refractivity contribution >= 4 is 65.5 Å². The highest BCUT2D eigenvalue weighted by Gasteiger charge is 2.44. The summed E-state index contributed by atoms with van der Waals surface area (Å²) in [6.45, 7) is 0. The van der Waals surface area contributed by atoms with E-state index in [1.807, 2.05) is 53.8 Å². The van der Waals surface area contributed by atoms with Gasteiger partial charge in [0.2, 0.25) is 0 Å². The van der Waals surface area contributed by atoms with E-state index < -0.39 is 0 Å². The van der Waals surface area contributed by atoms with Crippen molar-refractivity contribution in [2.24, 2.45) is 0 Å². The standard InChI is InChI=1S/C45H28N4OS.C44H29N5O/c1-3-12-27(13-4-1)43-46-44(28-22-25-39-34(26-28)30-16-8-10-21-38(30)51-39)48-45(47-43)33-18-11-20-37-40(33)32-23-24-36-41(42(32)50-37)31-17-7-9-19-35(31)49(36)29-14-5-2-6-15-29;1-3-12-28(13-4-1)29-14-9-15-30(26-29)42-46-43(31-16-11-25-45-27-31)48-44(47-42)35-20-10-22-38-39(35)34-23-24-37-40(41(34)50-38)33-19-7-8-21-36(33)49(37)32-17-5-2-6-18-32/h1-26,32,42H;1-27,34,41H. The lowest BCUT2D eigenvalue weighted by molar-refractivity contribution is 0.224. The number of ether oxygens (including phenoxy) is 2. The minimum absolute atomic E-state index is 0.00681. The van der Waals surface area contributed by atoms with E-state index in [0.29, 0.717) is 34.9 Å². The van der Waals surface area contributed by atoms with Gasteiger partial charge in [0, 0.05) is 122 Å². The zero-order chi connectivity index (χ0) is 66.5. The molecule has 21 rings (SSSR count). The summed E-state index contributed by atoms with van der Waals surface area (Å²) in [5.41, 5.74) is 19.3. The lowest BCUT2D eigenvalue weighted by atomic mass is 9.83. The average molecular weight is 1320 g/mol. The molecule has 476 valence electrons. The molecule has 0 saturated carbocycles. The topological polar surface area (TPSA) is 119 Å². The van der Waals surface area contributed by atoms with Gasteiger partial charge in [0.1, 0.15) is 23.7 Å². The molecule has 0 radical (unpaired) electrons. The van der Waals surface area contributed by atoms with E-state index in [9.17, 15) is 0 Å². The van der Waals surface area contributed by atoms with Crippen LogP contribution in [0.3, 0.4) is 0 Å². The molecule has 0 saturated heterocycles. The number of aromatic nitrogens is 9. The van der Waals surface area contributed by atoms with Gasteiger partial charge in [0.25, 0.3) is 0 Å². The highest BCUT2D eigenvalue weighted by molar-refractivity contribution is 7.25. The molecule has 0 fully saturated rings. The van der Waals surface area contributed by atoms with Crippen LogP contribution in [0.1, 0.15) is 57.7 Å². The number of hydrogen-bond acceptors (Lipinski definition) is 10. The fourth-order valence-corrected chi connectivity index (χ4v) is 16.6. The highest BCUT2D eigenvalue weighted by Crippen LogP contribution is 2.57. The molecule has 2 aliphatic carbocycles. The summed E-state index contributed by atoms with van der Waals surface area (Å²) in [6.07, 6.45) is 12.3. The Morgan fingerprint density at radius 3 is 1.31 bits per heavy atom. The second-order valence-electron chi connectivity index (χ2n) is 25.7. The van der Waals surface area contributed by atoms with E-state index in [2.05, 4.69) is 281 Å². The van der Waals surface area contributed by atoms with E-state index in [0.717, 1.165) is 95.4 Å². The third kappa shape index (κ3) is 9.81. The van der Waals surface area contributed by atoms with Crippen LogP contribution in [0.5, 0.6) is 11.5 Å². The van der Waals surface area contributed by atoms with E-state index in [1.165, 1.54) is 47.6 Å². The quantitative estimate of drug-likeness (QED) is 0.139. The van der Waals surface area contributed by atoms with E-state index in [-0.39, 0.29) is 24.0 Å². The predicted molar refractivity (Wildman–Crippen MR) is 405 cm³/mol. The number of hydrogen-bond donors (Lipinski definition) is 0. The maximum Gasteiger partial charge on any atom is 0.165 e. The van der Waals surface area contributed by atoms with Gasteiger partial charge in [-0.3, -0.25) is 4.98 Å². The highest BCUT2D eigenvalue weighted by atomic mass is 32.1. The number of rotatable bonds is 9. The maximum absolute atomic E-state index is 6.93. The number of benzene rings is 11. The number of fused-ring (bicyclic) bond motifs is 17. The zero-order valence-electron chi connectivity index (χ0n) is 54.2. The number of thiophene rings is 1. The summed E-state index contributed by atoms with van der Waals surface area (Å²) in [4.78, 5) is 35.1. The van der Waals surface area contributed by atoms with Gasteiger partial charge >= 0.3 is 0 Å².